The molecule has 22 heavy (non-hydrogen) atoms. The van der Waals surface area contributed by atoms with E-state index in [0.717, 1.165) is 4.90 Å². The molecule has 2 rings (SSSR count). The summed E-state index contributed by atoms with van der Waals surface area (Å²) >= 11 is 1.55. The number of methoxy groups -OCH3 is 1. The van der Waals surface area contributed by atoms with Crippen LogP contribution in [0, 0.1) is 13.8 Å². The number of amides is 1. The molecule has 1 N–H and O–H groups in total. The van der Waals surface area contributed by atoms with Crippen LogP contribution in [0.3, 0.4) is 0 Å². The van der Waals surface area contributed by atoms with Gasteiger partial charge in [-0.2, -0.15) is 0 Å². The van der Waals surface area contributed by atoms with Gasteiger partial charge in [-0.1, -0.05) is 18.2 Å². The summed E-state index contributed by atoms with van der Waals surface area (Å²) < 4.78 is 5.25. The molecule has 0 fully saturated rings. The Balaban J connectivity index is 2.04. The van der Waals surface area contributed by atoms with Crippen molar-refractivity contribution in [2.45, 2.75) is 30.9 Å². The number of carbonyl (C=O) groups is 1. The summed E-state index contributed by atoms with van der Waals surface area (Å²) in [6, 6.07) is 13.7. The summed E-state index contributed by atoms with van der Waals surface area (Å²) in [5, 5.41) is 2.73. The maximum Gasteiger partial charge on any atom is 0.237 e. The molecule has 0 heterocycles. The number of aryl methyl sites for hydroxylation is 2. The van der Waals surface area contributed by atoms with Crippen LogP contribution in [0.15, 0.2) is 47.4 Å². The summed E-state index contributed by atoms with van der Waals surface area (Å²) in [6.07, 6.45) is 0. The Bertz CT molecular complexity index is 670. The number of benzene rings is 2. The van der Waals surface area contributed by atoms with Crippen molar-refractivity contribution in [1.82, 2.24) is 0 Å². The molecule has 0 aromatic heterocycles. The lowest BCUT2D eigenvalue weighted by Crippen LogP contribution is -2.22. The molecular formula is C18H21NO2S. The number of hydrogen-bond acceptors (Lipinski definition) is 3. The van der Waals surface area contributed by atoms with Crippen LogP contribution in [-0.4, -0.2) is 18.3 Å². The number of ether oxygens (including phenoxy) is 1. The van der Waals surface area contributed by atoms with Crippen molar-refractivity contribution in [2.24, 2.45) is 0 Å². The van der Waals surface area contributed by atoms with E-state index >= 15 is 0 Å². The van der Waals surface area contributed by atoms with Gasteiger partial charge < -0.3 is 10.1 Å². The Morgan fingerprint density at radius 2 is 1.86 bits per heavy atom. The second-order valence-electron chi connectivity index (χ2n) is 5.20. The molecule has 0 aliphatic rings. The first-order valence-corrected chi connectivity index (χ1v) is 8.07. The molecule has 0 radical (unpaired) electrons. The van der Waals surface area contributed by atoms with E-state index in [2.05, 4.69) is 37.4 Å². The van der Waals surface area contributed by atoms with E-state index in [1.54, 1.807) is 18.9 Å². The topological polar surface area (TPSA) is 38.3 Å². The van der Waals surface area contributed by atoms with E-state index in [-0.39, 0.29) is 11.2 Å². The van der Waals surface area contributed by atoms with Crippen LogP contribution in [0.25, 0.3) is 0 Å². The third-order valence-corrected chi connectivity index (χ3v) is 4.62. The smallest absolute Gasteiger partial charge is 0.237 e. The normalized spacial score (nSPS) is 11.8. The Morgan fingerprint density at radius 1 is 1.14 bits per heavy atom. The summed E-state index contributed by atoms with van der Waals surface area (Å²) in [6.45, 7) is 6.07. The zero-order valence-corrected chi connectivity index (χ0v) is 14.2. The first-order valence-electron chi connectivity index (χ1n) is 7.19. The highest BCUT2D eigenvalue weighted by Crippen LogP contribution is 2.28. The summed E-state index contributed by atoms with van der Waals surface area (Å²) in [5.41, 5.74) is 3.19. The van der Waals surface area contributed by atoms with Crippen molar-refractivity contribution in [3.8, 4) is 5.75 Å². The third-order valence-electron chi connectivity index (χ3n) is 3.53. The molecule has 2 aromatic rings. The van der Waals surface area contributed by atoms with Crippen LogP contribution in [0.5, 0.6) is 5.75 Å². The van der Waals surface area contributed by atoms with E-state index in [0.29, 0.717) is 11.4 Å². The summed E-state index contributed by atoms with van der Waals surface area (Å²) in [4.78, 5) is 13.5. The fourth-order valence-corrected chi connectivity index (χ4v) is 2.99. The Hall–Kier alpha value is -1.94. The summed E-state index contributed by atoms with van der Waals surface area (Å²) in [5.74, 6) is 0.631. The first kappa shape index (κ1) is 16.4. The van der Waals surface area contributed by atoms with Gasteiger partial charge in [0.05, 0.1) is 18.0 Å². The second kappa shape index (κ2) is 7.36. The maximum atomic E-state index is 12.3. The van der Waals surface area contributed by atoms with Gasteiger partial charge in [0.1, 0.15) is 5.75 Å². The molecular weight excluding hydrogens is 294 g/mol. The van der Waals surface area contributed by atoms with E-state index in [4.69, 9.17) is 4.74 Å². The molecule has 0 aliphatic heterocycles. The maximum absolute atomic E-state index is 12.3. The molecule has 0 bridgehead atoms. The first-order chi connectivity index (χ1) is 10.5. The lowest BCUT2D eigenvalue weighted by Gasteiger charge is -2.14. The highest BCUT2D eigenvalue weighted by molar-refractivity contribution is 8.00. The number of para-hydroxylation sites is 2. The lowest BCUT2D eigenvalue weighted by atomic mass is 10.1. The van der Waals surface area contributed by atoms with Crippen LogP contribution in [0.1, 0.15) is 18.1 Å². The van der Waals surface area contributed by atoms with E-state index < -0.39 is 0 Å². The van der Waals surface area contributed by atoms with Crippen LogP contribution in [0.2, 0.25) is 0 Å². The summed E-state index contributed by atoms with van der Waals surface area (Å²) in [7, 11) is 1.60. The standard InChI is InChI=1S/C18H21NO2S/c1-12-9-10-15(11-13(12)2)22-14(3)18(20)19-16-7-5-6-8-17(16)21-4/h5-11,14H,1-4H3,(H,19,20). The molecule has 0 saturated carbocycles. The van der Waals surface area contributed by atoms with Gasteiger partial charge in [0.2, 0.25) is 5.91 Å². The predicted octanol–water partition coefficient (Wildman–Crippen LogP) is 4.43. The van der Waals surface area contributed by atoms with Gasteiger partial charge in [0.25, 0.3) is 0 Å². The number of carbonyl (C=O) groups excluding carboxylic acids is 1. The molecule has 1 atom stereocenters. The quantitative estimate of drug-likeness (QED) is 0.829. The van der Waals surface area contributed by atoms with Crippen molar-refractivity contribution >= 4 is 23.4 Å². The molecule has 3 nitrogen and oxygen atoms in total. The van der Waals surface area contributed by atoms with Gasteiger partial charge in [-0.15, -0.1) is 11.8 Å². The van der Waals surface area contributed by atoms with E-state index in [1.807, 2.05) is 31.2 Å². The van der Waals surface area contributed by atoms with Crippen LogP contribution in [-0.2, 0) is 4.79 Å². The highest BCUT2D eigenvalue weighted by Gasteiger charge is 2.16. The van der Waals surface area contributed by atoms with Crippen LogP contribution < -0.4 is 10.1 Å². The Kier molecular flexibility index (Phi) is 5.50. The zero-order chi connectivity index (χ0) is 16.1. The minimum Gasteiger partial charge on any atom is -0.495 e. The van der Waals surface area contributed by atoms with Crippen molar-refractivity contribution in [3.63, 3.8) is 0 Å². The van der Waals surface area contributed by atoms with Crippen molar-refractivity contribution < 1.29 is 9.53 Å². The fraction of sp³-hybridized carbons (Fsp3) is 0.278. The Labute approximate surface area is 136 Å². The monoisotopic (exact) mass is 315 g/mol. The number of rotatable bonds is 5. The molecule has 0 aliphatic carbocycles. The number of hydrogen-bond donors (Lipinski definition) is 1. The molecule has 116 valence electrons. The lowest BCUT2D eigenvalue weighted by molar-refractivity contribution is -0.115. The Morgan fingerprint density at radius 3 is 2.55 bits per heavy atom. The van der Waals surface area contributed by atoms with Crippen LogP contribution in [0.4, 0.5) is 5.69 Å². The van der Waals surface area contributed by atoms with Crippen LogP contribution >= 0.6 is 11.8 Å². The number of thioether (sulfide) groups is 1. The molecule has 1 unspecified atom stereocenters. The van der Waals surface area contributed by atoms with Crippen molar-refractivity contribution in [1.29, 1.82) is 0 Å². The average Bonchev–Trinajstić information content (AvgIpc) is 2.51. The minimum absolute atomic E-state index is 0.0345. The highest BCUT2D eigenvalue weighted by atomic mass is 32.2. The SMILES string of the molecule is COc1ccccc1NC(=O)C(C)Sc1ccc(C)c(C)c1. The molecule has 2 aromatic carbocycles. The van der Waals surface area contributed by atoms with Gasteiger partial charge in [0.15, 0.2) is 0 Å². The van der Waals surface area contributed by atoms with Gasteiger partial charge in [-0.05, 0) is 56.2 Å². The molecule has 0 spiro atoms. The van der Waals surface area contributed by atoms with E-state index in [9.17, 15) is 4.79 Å². The largest absolute Gasteiger partial charge is 0.495 e. The molecule has 1 amide bonds. The fourth-order valence-electron chi connectivity index (χ4n) is 2.03. The zero-order valence-electron chi connectivity index (χ0n) is 13.3. The van der Waals surface area contributed by atoms with Crippen molar-refractivity contribution in [3.05, 3.63) is 53.6 Å². The minimum atomic E-state index is -0.188. The second-order valence-corrected chi connectivity index (χ2v) is 6.61. The van der Waals surface area contributed by atoms with E-state index in [1.165, 1.54) is 11.1 Å². The van der Waals surface area contributed by atoms with Gasteiger partial charge in [0, 0.05) is 4.90 Å². The predicted molar refractivity (Wildman–Crippen MR) is 92.9 cm³/mol. The van der Waals surface area contributed by atoms with Gasteiger partial charge >= 0.3 is 0 Å². The molecule has 0 saturated heterocycles. The van der Waals surface area contributed by atoms with Gasteiger partial charge in [-0.25, -0.2) is 0 Å². The van der Waals surface area contributed by atoms with Crippen molar-refractivity contribution in [2.75, 3.05) is 12.4 Å². The number of nitrogens with one attached hydrogen (secondary N) is 1. The molecule has 4 heteroatoms. The average molecular weight is 315 g/mol. The third kappa shape index (κ3) is 4.04. The van der Waals surface area contributed by atoms with Gasteiger partial charge in [-0.3, -0.25) is 4.79 Å². The number of anilines is 1.